The Hall–Kier alpha value is -1.03. The molecule has 0 bridgehead atoms. The predicted octanol–water partition coefficient (Wildman–Crippen LogP) is 2.71. The van der Waals surface area contributed by atoms with Crippen molar-refractivity contribution < 1.29 is 14.6 Å². The fraction of sp³-hybridized carbons (Fsp3) is 0.786. The number of rotatable bonds is 3. The fourth-order valence-electron chi connectivity index (χ4n) is 2.13. The van der Waals surface area contributed by atoms with Crippen molar-refractivity contribution >= 4 is 6.09 Å². The molecule has 1 aliphatic rings. The van der Waals surface area contributed by atoms with Crippen LogP contribution in [0, 0.1) is 0 Å². The van der Waals surface area contributed by atoms with Crippen LogP contribution in [0.1, 0.15) is 46.5 Å². The number of aliphatic hydroxyl groups is 1. The zero-order chi connectivity index (χ0) is 13.6. The maximum atomic E-state index is 12.1. The number of hydrogen-bond acceptors (Lipinski definition) is 3. The molecule has 1 heterocycles. The summed E-state index contributed by atoms with van der Waals surface area (Å²) in [6, 6.07) is 0.205. The minimum atomic E-state index is -0.444. The summed E-state index contributed by atoms with van der Waals surface area (Å²) in [7, 11) is 0. The summed E-state index contributed by atoms with van der Waals surface area (Å²) in [4.78, 5) is 13.9. The van der Waals surface area contributed by atoms with Crippen molar-refractivity contribution in [3.8, 4) is 0 Å². The van der Waals surface area contributed by atoms with Gasteiger partial charge in [-0.1, -0.05) is 12.2 Å². The minimum absolute atomic E-state index is 0.0547. The maximum Gasteiger partial charge on any atom is 0.410 e. The summed E-state index contributed by atoms with van der Waals surface area (Å²) in [5.41, 5.74) is -0.444. The molecule has 1 fully saturated rings. The number of amides is 1. The molecule has 0 aromatic carbocycles. The molecule has 0 saturated carbocycles. The first-order chi connectivity index (χ1) is 8.44. The van der Waals surface area contributed by atoms with Crippen LogP contribution in [0.15, 0.2) is 12.2 Å². The van der Waals surface area contributed by atoms with Gasteiger partial charge in [0.25, 0.3) is 0 Å². The summed E-state index contributed by atoms with van der Waals surface area (Å²) in [5, 5.41) is 8.73. The van der Waals surface area contributed by atoms with E-state index in [2.05, 4.69) is 0 Å². The van der Waals surface area contributed by atoms with Crippen LogP contribution in [0.3, 0.4) is 0 Å². The monoisotopic (exact) mass is 255 g/mol. The van der Waals surface area contributed by atoms with Gasteiger partial charge in [0, 0.05) is 12.6 Å². The minimum Gasteiger partial charge on any atom is -0.444 e. The van der Waals surface area contributed by atoms with E-state index in [1.165, 1.54) is 0 Å². The Morgan fingerprint density at radius 1 is 1.39 bits per heavy atom. The number of nitrogens with zero attached hydrogens (tertiary/aromatic N) is 1. The molecule has 0 aromatic heterocycles. The van der Waals surface area contributed by atoms with Crippen molar-refractivity contribution in [3.63, 3.8) is 0 Å². The fourth-order valence-corrected chi connectivity index (χ4v) is 2.13. The number of hydrogen-bond donors (Lipinski definition) is 1. The summed E-state index contributed by atoms with van der Waals surface area (Å²) < 4.78 is 5.43. The van der Waals surface area contributed by atoms with E-state index in [0.29, 0.717) is 0 Å². The average Bonchev–Trinajstić information content (AvgIpc) is 2.27. The number of carbonyl (C=O) groups excluding carboxylic acids is 1. The Morgan fingerprint density at radius 2 is 2.11 bits per heavy atom. The highest BCUT2D eigenvalue weighted by atomic mass is 16.6. The molecule has 4 heteroatoms. The lowest BCUT2D eigenvalue weighted by atomic mass is 10.00. The lowest BCUT2D eigenvalue weighted by Crippen LogP contribution is -2.45. The molecule has 0 aliphatic carbocycles. The van der Waals surface area contributed by atoms with Crippen molar-refractivity contribution in [1.29, 1.82) is 0 Å². The normalized spacial score (nSPS) is 21.3. The third kappa shape index (κ3) is 5.08. The van der Waals surface area contributed by atoms with Gasteiger partial charge in [0.2, 0.25) is 0 Å². The Labute approximate surface area is 110 Å². The standard InChI is InChI=1S/C14H25NO3/c1-14(2,3)18-13(17)15-10-6-4-8-12(15)9-5-7-11-16/h5,7,12,16H,4,6,8-11H2,1-3H3/b7-5+/t12-/m0/s1. The van der Waals surface area contributed by atoms with Gasteiger partial charge in [-0.05, 0) is 46.5 Å². The predicted molar refractivity (Wildman–Crippen MR) is 71.4 cm³/mol. The number of ether oxygens (including phenoxy) is 1. The van der Waals surface area contributed by atoms with Gasteiger partial charge in [-0.25, -0.2) is 4.79 Å². The van der Waals surface area contributed by atoms with Gasteiger partial charge in [-0.3, -0.25) is 0 Å². The van der Waals surface area contributed by atoms with Crippen LogP contribution < -0.4 is 0 Å². The van der Waals surface area contributed by atoms with Crippen molar-refractivity contribution in [2.75, 3.05) is 13.2 Å². The van der Waals surface area contributed by atoms with E-state index < -0.39 is 5.60 Å². The van der Waals surface area contributed by atoms with Gasteiger partial charge in [-0.2, -0.15) is 0 Å². The van der Waals surface area contributed by atoms with Gasteiger partial charge in [0.1, 0.15) is 5.60 Å². The molecular formula is C14H25NO3. The Balaban J connectivity index is 2.58. The summed E-state index contributed by atoms with van der Waals surface area (Å²) in [6.07, 6.45) is 7.44. The second-order valence-electron chi connectivity index (χ2n) is 5.71. The molecule has 1 atom stereocenters. The summed E-state index contributed by atoms with van der Waals surface area (Å²) in [5.74, 6) is 0. The quantitative estimate of drug-likeness (QED) is 0.789. The molecule has 0 radical (unpaired) electrons. The molecule has 1 saturated heterocycles. The first-order valence-corrected chi connectivity index (χ1v) is 6.69. The largest absolute Gasteiger partial charge is 0.444 e. The second kappa shape index (κ2) is 6.78. The van der Waals surface area contributed by atoms with Gasteiger partial charge in [0.15, 0.2) is 0 Å². The maximum absolute atomic E-state index is 12.1. The van der Waals surface area contributed by atoms with Crippen molar-refractivity contribution in [2.45, 2.75) is 58.1 Å². The van der Waals surface area contributed by atoms with E-state index in [9.17, 15) is 4.79 Å². The van der Waals surface area contributed by atoms with E-state index in [1.54, 1.807) is 6.08 Å². The van der Waals surface area contributed by atoms with E-state index >= 15 is 0 Å². The first kappa shape index (κ1) is 15.0. The summed E-state index contributed by atoms with van der Waals surface area (Å²) >= 11 is 0. The first-order valence-electron chi connectivity index (χ1n) is 6.69. The third-order valence-electron chi connectivity index (χ3n) is 2.94. The van der Waals surface area contributed by atoms with E-state index in [4.69, 9.17) is 9.84 Å². The highest BCUT2D eigenvalue weighted by Crippen LogP contribution is 2.22. The summed E-state index contributed by atoms with van der Waals surface area (Å²) in [6.45, 7) is 6.48. The number of aliphatic hydroxyl groups excluding tert-OH is 1. The lowest BCUT2D eigenvalue weighted by Gasteiger charge is -2.36. The van der Waals surface area contributed by atoms with Gasteiger partial charge >= 0.3 is 6.09 Å². The molecule has 104 valence electrons. The molecule has 4 nitrogen and oxygen atoms in total. The van der Waals surface area contributed by atoms with Crippen molar-refractivity contribution in [2.24, 2.45) is 0 Å². The highest BCUT2D eigenvalue weighted by molar-refractivity contribution is 5.68. The van der Waals surface area contributed by atoms with E-state index in [1.807, 2.05) is 31.7 Å². The lowest BCUT2D eigenvalue weighted by molar-refractivity contribution is 0.0102. The molecule has 18 heavy (non-hydrogen) atoms. The number of carbonyl (C=O) groups is 1. The molecule has 1 rings (SSSR count). The second-order valence-corrected chi connectivity index (χ2v) is 5.71. The average molecular weight is 255 g/mol. The zero-order valence-corrected chi connectivity index (χ0v) is 11.7. The van der Waals surface area contributed by atoms with E-state index in [-0.39, 0.29) is 18.7 Å². The van der Waals surface area contributed by atoms with Crippen LogP contribution in [0.25, 0.3) is 0 Å². The Bertz CT molecular complexity index is 294. The zero-order valence-electron chi connectivity index (χ0n) is 11.7. The van der Waals surface area contributed by atoms with Crippen LogP contribution in [0.2, 0.25) is 0 Å². The van der Waals surface area contributed by atoms with Crippen LogP contribution in [-0.4, -0.2) is 40.9 Å². The molecule has 1 amide bonds. The SMILES string of the molecule is CC(C)(C)OC(=O)N1CCCC[C@H]1C/C=C/CO. The number of likely N-dealkylation sites (tertiary alicyclic amines) is 1. The smallest absolute Gasteiger partial charge is 0.410 e. The Morgan fingerprint density at radius 3 is 2.72 bits per heavy atom. The highest BCUT2D eigenvalue weighted by Gasteiger charge is 2.29. The van der Waals surface area contributed by atoms with Gasteiger partial charge < -0.3 is 14.7 Å². The van der Waals surface area contributed by atoms with Gasteiger partial charge in [0.05, 0.1) is 6.61 Å². The van der Waals surface area contributed by atoms with Crippen LogP contribution in [0.5, 0.6) is 0 Å². The Kier molecular flexibility index (Phi) is 5.66. The van der Waals surface area contributed by atoms with E-state index in [0.717, 1.165) is 32.2 Å². The molecule has 0 spiro atoms. The molecule has 0 unspecified atom stereocenters. The molecule has 0 aromatic rings. The third-order valence-corrected chi connectivity index (χ3v) is 2.94. The molecule has 1 aliphatic heterocycles. The topological polar surface area (TPSA) is 49.8 Å². The van der Waals surface area contributed by atoms with Gasteiger partial charge in [-0.15, -0.1) is 0 Å². The van der Waals surface area contributed by atoms with Crippen LogP contribution in [0.4, 0.5) is 4.79 Å². The number of piperidine rings is 1. The van der Waals surface area contributed by atoms with Crippen molar-refractivity contribution in [3.05, 3.63) is 12.2 Å². The van der Waals surface area contributed by atoms with Crippen LogP contribution in [-0.2, 0) is 4.74 Å². The molecule has 1 N–H and O–H groups in total. The van der Waals surface area contributed by atoms with Crippen molar-refractivity contribution in [1.82, 2.24) is 4.90 Å². The van der Waals surface area contributed by atoms with Crippen LogP contribution >= 0.6 is 0 Å². The molecular weight excluding hydrogens is 230 g/mol.